The number of hydrogen-bond donors (Lipinski definition) is 0. The van der Waals surface area contributed by atoms with E-state index in [0.717, 1.165) is 47.8 Å². The fourth-order valence-corrected chi connectivity index (χ4v) is 11.9. The zero-order valence-corrected chi connectivity index (χ0v) is 24.7. The van der Waals surface area contributed by atoms with E-state index in [1.807, 2.05) is 19.1 Å². The summed E-state index contributed by atoms with van der Waals surface area (Å²) in [4.78, 5) is 0.304. The minimum Gasteiger partial charge on any atom is -0.370 e. The highest BCUT2D eigenvalue weighted by Gasteiger charge is 2.68. The largest absolute Gasteiger partial charge is 0.370 e. The number of epoxide rings is 1. The summed E-state index contributed by atoms with van der Waals surface area (Å²) in [6, 6.07) is 7.46. The van der Waals surface area contributed by atoms with Crippen LogP contribution in [0.4, 0.5) is 0 Å². The molecule has 0 bridgehead atoms. The second-order valence-corrected chi connectivity index (χ2v) is 16.5. The Bertz CT molecular complexity index is 1180. The van der Waals surface area contributed by atoms with Gasteiger partial charge in [-0.25, -0.2) is 0 Å². The SMILES string of the molecule is Cc1ccc(S(=O)(=O)OC2C([N+]3(C)CCCCC3)C[C@H]3[C@@H]4CCC5CC6OC6C[C@]5(C)[C@@H]4CC[C@]23C)cc1. The van der Waals surface area contributed by atoms with Crippen LogP contribution in [0.3, 0.4) is 0 Å². The van der Waals surface area contributed by atoms with Gasteiger partial charge in [-0.3, -0.25) is 4.18 Å². The predicted octanol–water partition coefficient (Wildman–Crippen LogP) is 6.10. The van der Waals surface area contributed by atoms with Gasteiger partial charge in [0.05, 0.1) is 37.2 Å². The Hall–Kier alpha value is -0.950. The fraction of sp³-hybridized carbons (Fsp3) is 0.812. The Morgan fingerprint density at radius 3 is 2.39 bits per heavy atom. The lowest BCUT2D eigenvalue weighted by Crippen LogP contribution is -2.60. The molecule has 0 aromatic heterocycles. The van der Waals surface area contributed by atoms with Crippen LogP contribution in [0.1, 0.15) is 83.6 Å². The van der Waals surface area contributed by atoms with Crippen LogP contribution in [0.5, 0.6) is 0 Å². The zero-order chi connectivity index (χ0) is 26.5. The Morgan fingerprint density at radius 2 is 1.66 bits per heavy atom. The van der Waals surface area contributed by atoms with Crippen molar-refractivity contribution in [3.05, 3.63) is 29.8 Å². The second kappa shape index (κ2) is 8.77. The average molecular weight is 543 g/mol. The van der Waals surface area contributed by atoms with Gasteiger partial charge in [0.1, 0.15) is 12.1 Å². The van der Waals surface area contributed by atoms with E-state index in [4.69, 9.17) is 8.92 Å². The van der Waals surface area contributed by atoms with Crippen LogP contribution in [0, 0.1) is 41.4 Å². The van der Waals surface area contributed by atoms with Crippen molar-refractivity contribution in [1.82, 2.24) is 0 Å². The zero-order valence-electron chi connectivity index (χ0n) is 23.9. The number of aryl methyl sites for hydroxylation is 1. The monoisotopic (exact) mass is 542 g/mol. The highest BCUT2D eigenvalue weighted by Crippen LogP contribution is 2.68. The topological polar surface area (TPSA) is 55.9 Å². The van der Waals surface area contributed by atoms with Gasteiger partial charge < -0.3 is 9.22 Å². The van der Waals surface area contributed by atoms with E-state index >= 15 is 0 Å². The van der Waals surface area contributed by atoms with E-state index in [2.05, 4.69) is 20.9 Å². The van der Waals surface area contributed by atoms with Crippen LogP contribution < -0.4 is 0 Å². The molecule has 0 spiro atoms. The first-order valence-electron chi connectivity index (χ1n) is 15.5. The molecule has 2 aliphatic heterocycles. The van der Waals surface area contributed by atoms with E-state index in [0.29, 0.717) is 34.4 Å². The van der Waals surface area contributed by atoms with Gasteiger partial charge in [0.25, 0.3) is 10.1 Å². The van der Waals surface area contributed by atoms with Crippen LogP contribution >= 0.6 is 0 Å². The lowest BCUT2D eigenvalue weighted by Gasteiger charge is -2.59. The van der Waals surface area contributed by atoms with Crippen molar-refractivity contribution in [3.8, 4) is 0 Å². The summed E-state index contributed by atoms with van der Waals surface area (Å²) in [5.41, 5.74) is 1.35. The van der Waals surface area contributed by atoms with Gasteiger partial charge >= 0.3 is 0 Å². The van der Waals surface area contributed by atoms with E-state index in [1.54, 1.807) is 12.1 Å². The molecule has 7 rings (SSSR count). The van der Waals surface area contributed by atoms with Crippen LogP contribution in [-0.2, 0) is 19.0 Å². The lowest BCUT2D eigenvalue weighted by molar-refractivity contribution is -0.940. The molecular formula is C32H48NO4S+. The summed E-state index contributed by atoms with van der Waals surface area (Å²) in [5, 5.41) is 0. The molecule has 1 aromatic carbocycles. The van der Waals surface area contributed by atoms with Gasteiger partial charge in [-0.15, -0.1) is 0 Å². The Labute approximate surface area is 230 Å². The van der Waals surface area contributed by atoms with Crippen LogP contribution in [-0.4, -0.2) is 57.4 Å². The summed E-state index contributed by atoms with van der Waals surface area (Å²) >= 11 is 0. The molecule has 0 N–H and O–H groups in total. The van der Waals surface area contributed by atoms with Crippen molar-refractivity contribution in [2.75, 3.05) is 20.1 Å². The smallest absolute Gasteiger partial charge is 0.297 e. The average Bonchev–Trinajstić information content (AvgIpc) is 3.56. The number of nitrogens with zero attached hydrogens (tertiary/aromatic N) is 1. The number of piperidine rings is 1. The standard InChI is InChI=1S/C32H48NO4S/c1-21-8-11-23(12-9-21)38(34,35)37-30-27(33(4)16-6-5-7-17-33)19-26-24-13-10-22-18-28-29(36-28)20-32(22,3)25(24)14-15-31(26,30)2/h8-9,11-12,22,24-30H,5-7,10,13-20H2,1-4H3/q+1/t22?,24-,25-,26+,27?,28?,29?,30?,31+,32+/m1/s1. The number of fused-ring (bicyclic) bond motifs is 6. The first-order chi connectivity index (χ1) is 18.0. The summed E-state index contributed by atoms with van der Waals surface area (Å²) < 4.78 is 41.1. The number of hydrogen-bond acceptors (Lipinski definition) is 4. The first kappa shape index (κ1) is 26.0. The van der Waals surface area contributed by atoms with Crippen molar-refractivity contribution < 1.29 is 21.8 Å². The van der Waals surface area contributed by atoms with Crippen LogP contribution in [0.2, 0.25) is 0 Å². The van der Waals surface area contributed by atoms with Crippen molar-refractivity contribution in [2.24, 2.45) is 34.5 Å². The minimum absolute atomic E-state index is 0.0984. The number of likely N-dealkylation sites (tertiary alicyclic amines) is 1. The molecule has 1 aromatic rings. The highest BCUT2D eigenvalue weighted by molar-refractivity contribution is 7.86. The van der Waals surface area contributed by atoms with Gasteiger partial charge in [0.15, 0.2) is 0 Å². The molecule has 38 heavy (non-hydrogen) atoms. The van der Waals surface area contributed by atoms with Crippen molar-refractivity contribution in [2.45, 2.75) is 114 Å². The highest BCUT2D eigenvalue weighted by atomic mass is 32.2. The van der Waals surface area contributed by atoms with E-state index < -0.39 is 10.1 Å². The number of rotatable bonds is 4. The van der Waals surface area contributed by atoms with Gasteiger partial charge in [0, 0.05) is 11.8 Å². The molecule has 6 heteroatoms. The Kier molecular flexibility index (Phi) is 6.00. The molecular weight excluding hydrogens is 494 g/mol. The third-order valence-electron chi connectivity index (χ3n) is 13.0. The van der Waals surface area contributed by atoms with Crippen LogP contribution in [0.25, 0.3) is 0 Å². The summed E-state index contributed by atoms with van der Waals surface area (Å²) in [5.74, 6) is 2.76. The van der Waals surface area contributed by atoms with E-state index in [9.17, 15) is 8.42 Å². The molecule has 5 nitrogen and oxygen atoms in total. The molecule has 6 aliphatic rings. The van der Waals surface area contributed by atoms with E-state index in [1.165, 1.54) is 51.4 Å². The lowest BCUT2D eigenvalue weighted by atomic mass is 9.45. The molecule has 210 valence electrons. The molecule has 2 saturated heterocycles. The van der Waals surface area contributed by atoms with E-state index in [-0.39, 0.29) is 17.6 Å². The predicted molar refractivity (Wildman–Crippen MR) is 148 cm³/mol. The molecule has 5 unspecified atom stereocenters. The number of benzene rings is 1. The molecule has 4 saturated carbocycles. The Morgan fingerprint density at radius 1 is 0.921 bits per heavy atom. The summed E-state index contributed by atoms with van der Waals surface area (Å²) in [7, 11) is -1.43. The minimum atomic E-state index is -3.84. The second-order valence-electron chi connectivity index (χ2n) is 14.9. The first-order valence-corrected chi connectivity index (χ1v) is 16.9. The number of likely N-dealkylation sites (N-methyl/N-ethyl adjacent to an activating group) is 1. The maximum Gasteiger partial charge on any atom is 0.297 e. The van der Waals surface area contributed by atoms with Crippen molar-refractivity contribution >= 4 is 10.1 Å². The summed E-state index contributed by atoms with van der Waals surface area (Å²) in [6.45, 7) is 9.29. The normalized spacial score (nSPS) is 47.4. The number of ether oxygens (including phenoxy) is 1. The maximum atomic E-state index is 13.8. The number of quaternary nitrogens is 1. The molecule has 6 fully saturated rings. The molecule has 0 amide bonds. The maximum absolute atomic E-state index is 13.8. The summed E-state index contributed by atoms with van der Waals surface area (Å²) in [6.07, 6.45) is 13.1. The molecule has 10 atom stereocenters. The van der Waals surface area contributed by atoms with Gasteiger partial charge in [-0.1, -0.05) is 31.5 Å². The van der Waals surface area contributed by atoms with Crippen molar-refractivity contribution in [1.29, 1.82) is 0 Å². The third-order valence-corrected chi connectivity index (χ3v) is 14.3. The molecule has 0 radical (unpaired) electrons. The third kappa shape index (κ3) is 3.90. The Balaban J connectivity index is 1.24. The van der Waals surface area contributed by atoms with Gasteiger partial charge in [-0.2, -0.15) is 8.42 Å². The quantitative estimate of drug-likeness (QED) is 0.262. The van der Waals surface area contributed by atoms with Gasteiger partial charge in [0.2, 0.25) is 0 Å². The molecule has 4 aliphatic carbocycles. The van der Waals surface area contributed by atoms with Crippen molar-refractivity contribution in [3.63, 3.8) is 0 Å². The van der Waals surface area contributed by atoms with Gasteiger partial charge in [-0.05, 0) is 106 Å². The molecule has 2 heterocycles. The van der Waals surface area contributed by atoms with Crippen LogP contribution in [0.15, 0.2) is 29.2 Å². The fourth-order valence-electron chi connectivity index (χ4n) is 10.7.